The highest BCUT2D eigenvalue weighted by molar-refractivity contribution is 6.12. The van der Waals surface area contributed by atoms with Crippen LogP contribution in [0.25, 0.3) is 99.5 Å². The van der Waals surface area contributed by atoms with Crippen LogP contribution >= 0.6 is 0 Å². The van der Waals surface area contributed by atoms with Gasteiger partial charge in [0, 0.05) is 38.4 Å². The summed E-state index contributed by atoms with van der Waals surface area (Å²) in [6.45, 7) is 0. The molecule has 2 aromatic heterocycles. The summed E-state index contributed by atoms with van der Waals surface area (Å²) in [6.07, 6.45) is 0. The van der Waals surface area contributed by atoms with Crippen LogP contribution in [0.15, 0.2) is 245 Å². The fraction of sp³-hybridized carbons (Fsp3) is 0. The average molecular weight is 806 g/mol. The van der Waals surface area contributed by atoms with E-state index < -0.39 is 0 Å². The van der Waals surface area contributed by atoms with E-state index in [2.05, 4.69) is 223 Å². The molecule has 0 unspecified atom stereocenters. The van der Waals surface area contributed by atoms with E-state index in [-0.39, 0.29) is 0 Å². The third-order valence-electron chi connectivity index (χ3n) is 12.3. The van der Waals surface area contributed by atoms with Crippen LogP contribution in [-0.2, 0) is 0 Å². The molecule has 0 fully saturated rings. The molecule has 0 saturated carbocycles. The van der Waals surface area contributed by atoms with Gasteiger partial charge in [0.2, 0.25) is 0 Å². The van der Waals surface area contributed by atoms with Gasteiger partial charge in [0.1, 0.15) is 16.7 Å². The van der Waals surface area contributed by atoms with Crippen molar-refractivity contribution in [2.24, 2.45) is 0 Å². The smallest absolute Gasteiger partial charge is 0.159 e. The third kappa shape index (κ3) is 6.21. The SMILES string of the molecule is c1ccc(-c2ccccc2-c2c(-c3ccccc3)cccc2-c2ccccc2N(c2ccc(-c3cccc4c3oc3ccccc34)cc2)c2cccc3c2oc2ccccc23)cc1. The number of benzene rings is 10. The van der Waals surface area contributed by atoms with Gasteiger partial charge < -0.3 is 13.7 Å². The Kier molecular flexibility index (Phi) is 8.83. The lowest BCUT2D eigenvalue weighted by molar-refractivity contribution is 0.669. The highest BCUT2D eigenvalue weighted by atomic mass is 16.3. The van der Waals surface area contributed by atoms with E-state index in [0.717, 1.165) is 88.8 Å². The number of hydrogen-bond acceptors (Lipinski definition) is 3. The van der Waals surface area contributed by atoms with Crippen molar-refractivity contribution < 1.29 is 8.83 Å². The van der Waals surface area contributed by atoms with Gasteiger partial charge in [-0.05, 0) is 80.9 Å². The fourth-order valence-corrected chi connectivity index (χ4v) is 9.47. The van der Waals surface area contributed by atoms with E-state index in [1.54, 1.807) is 0 Å². The number of para-hydroxylation sites is 5. The molecule has 0 aliphatic carbocycles. The van der Waals surface area contributed by atoms with Gasteiger partial charge >= 0.3 is 0 Å². The van der Waals surface area contributed by atoms with Crippen molar-refractivity contribution in [1.29, 1.82) is 0 Å². The van der Waals surface area contributed by atoms with Crippen LogP contribution in [0.3, 0.4) is 0 Å². The van der Waals surface area contributed by atoms with Gasteiger partial charge in [-0.1, -0.05) is 200 Å². The van der Waals surface area contributed by atoms with E-state index in [4.69, 9.17) is 8.83 Å². The lowest BCUT2D eigenvalue weighted by Crippen LogP contribution is -2.11. The minimum Gasteiger partial charge on any atom is -0.455 e. The number of fused-ring (bicyclic) bond motifs is 6. The first-order valence-corrected chi connectivity index (χ1v) is 21.4. The number of rotatable bonds is 8. The molecule has 0 N–H and O–H groups in total. The molecule has 0 bridgehead atoms. The van der Waals surface area contributed by atoms with Crippen molar-refractivity contribution >= 4 is 60.9 Å². The Morgan fingerprint density at radius 3 is 1.41 bits per heavy atom. The number of anilines is 3. The van der Waals surface area contributed by atoms with Crippen LogP contribution in [0, 0.1) is 0 Å². The predicted octanol–water partition coefficient (Wildman–Crippen LogP) is 17.3. The van der Waals surface area contributed by atoms with Crippen molar-refractivity contribution in [3.63, 3.8) is 0 Å². The van der Waals surface area contributed by atoms with Crippen LogP contribution in [0.4, 0.5) is 17.1 Å². The highest BCUT2D eigenvalue weighted by Gasteiger charge is 2.25. The maximum absolute atomic E-state index is 6.80. The Hall–Kier alpha value is -8.40. The minimum atomic E-state index is 0.831. The Labute approximate surface area is 365 Å². The molecule has 2 heterocycles. The van der Waals surface area contributed by atoms with Crippen LogP contribution < -0.4 is 4.90 Å². The number of nitrogens with zero attached hydrogens (tertiary/aromatic N) is 1. The molecule has 12 rings (SSSR count). The number of hydrogen-bond donors (Lipinski definition) is 0. The van der Waals surface area contributed by atoms with Crippen molar-refractivity contribution in [3.8, 4) is 55.6 Å². The average Bonchev–Trinajstić information content (AvgIpc) is 3.94. The molecule has 0 saturated heterocycles. The van der Waals surface area contributed by atoms with Gasteiger partial charge in [0.05, 0.1) is 11.4 Å². The molecule has 0 radical (unpaired) electrons. The summed E-state index contributed by atoms with van der Waals surface area (Å²) in [4.78, 5) is 2.37. The maximum Gasteiger partial charge on any atom is 0.159 e. The highest BCUT2D eigenvalue weighted by Crippen LogP contribution is 2.50. The summed E-state index contributed by atoms with van der Waals surface area (Å²) in [6, 6.07) is 84.1. The summed E-state index contributed by atoms with van der Waals surface area (Å²) >= 11 is 0. The fourth-order valence-electron chi connectivity index (χ4n) is 9.47. The first kappa shape index (κ1) is 36.5. The van der Waals surface area contributed by atoms with Crippen molar-refractivity contribution in [2.45, 2.75) is 0 Å². The second kappa shape index (κ2) is 15.3. The van der Waals surface area contributed by atoms with E-state index >= 15 is 0 Å². The molecule has 3 heteroatoms. The molecule has 10 aromatic carbocycles. The van der Waals surface area contributed by atoms with Crippen LogP contribution in [0.2, 0.25) is 0 Å². The van der Waals surface area contributed by atoms with E-state index in [9.17, 15) is 0 Å². The van der Waals surface area contributed by atoms with Crippen LogP contribution in [0.5, 0.6) is 0 Å². The molecule has 296 valence electrons. The lowest BCUT2D eigenvalue weighted by atomic mass is 9.84. The zero-order chi connectivity index (χ0) is 41.7. The molecule has 0 aliphatic rings. The summed E-state index contributed by atoms with van der Waals surface area (Å²) in [5, 5.41) is 4.39. The molecule has 0 atom stereocenters. The van der Waals surface area contributed by atoms with E-state index in [1.165, 1.54) is 27.8 Å². The summed E-state index contributed by atoms with van der Waals surface area (Å²) in [5.41, 5.74) is 17.8. The predicted molar refractivity (Wildman–Crippen MR) is 263 cm³/mol. The van der Waals surface area contributed by atoms with E-state index in [0.29, 0.717) is 0 Å². The molecular weight excluding hydrogens is 767 g/mol. The molecule has 63 heavy (non-hydrogen) atoms. The van der Waals surface area contributed by atoms with Gasteiger partial charge in [-0.25, -0.2) is 0 Å². The van der Waals surface area contributed by atoms with E-state index in [1.807, 2.05) is 18.2 Å². The van der Waals surface area contributed by atoms with Gasteiger partial charge in [-0.2, -0.15) is 0 Å². The van der Waals surface area contributed by atoms with Crippen molar-refractivity contribution in [3.05, 3.63) is 237 Å². The first-order chi connectivity index (χ1) is 31.3. The quantitative estimate of drug-likeness (QED) is 0.153. The van der Waals surface area contributed by atoms with Gasteiger partial charge in [0.15, 0.2) is 5.58 Å². The Morgan fingerprint density at radius 2 is 0.698 bits per heavy atom. The third-order valence-corrected chi connectivity index (χ3v) is 12.3. The molecule has 3 nitrogen and oxygen atoms in total. The Morgan fingerprint density at radius 1 is 0.254 bits per heavy atom. The summed E-state index contributed by atoms with van der Waals surface area (Å²) in [5.74, 6) is 0. The standard InChI is InChI=1S/C60H39NO2/c1-3-18-40(19-4-1)44-22-7-8-26-50(44)58-45(41-20-5-2-6-21-41)27-15-29-51(58)47-23-9-12-32-54(47)61(55-33-17-31-53-49-25-11-14-35-57(49)63-60(53)55)43-38-36-42(37-39-43)46-28-16-30-52-48-24-10-13-34-56(48)62-59(46)52/h1-39H. The summed E-state index contributed by atoms with van der Waals surface area (Å²) in [7, 11) is 0. The Balaban J connectivity index is 1.10. The summed E-state index contributed by atoms with van der Waals surface area (Å²) < 4.78 is 13.3. The second-order valence-corrected chi connectivity index (χ2v) is 15.9. The van der Waals surface area contributed by atoms with Gasteiger partial charge in [-0.15, -0.1) is 0 Å². The maximum atomic E-state index is 6.80. The molecule has 0 aliphatic heterocycles. The lowest BCUT2D eigenvalue weighted by Gasteiger charge is -2.29. The van der Waals surface area contributed by atoms with Gasteiger partial charge in [0.25, 0.3) is 0 Å². The first-order valence-electron chi connectivity index (χ1n) is 21.4. The topological polar surface area (TPSA) is 29.5 Å². The monoisotopic (exact) mass is 805 g/mol. The van der Waals surface area contributed by atoms with Crippen LogP contribution in [-0.4, -0.2) is 0 Å². The van der Waals surface area contributed by atoms with Crippen molar-refractivity contribution in [2.75, 3.05) is 4.90 Å². The normalized spacial score (nSPS) is 11.5. The van der Waals surface area contributed by atoms with Gasteiger partial charge in [-0.3, -0.25) is 0 Å². The molecular formula is C60H39NO2. The molecule has 0 amide bonds. The largest absolute Gasteiger partial charge is 0.455 e. The molecule has 0 spiro atoms. The minimum absolute atomic E-state index is 0.831. The zero-order valence-electron chi connectivity index (χ0n) is 34.3. The van der Waals surface area contributed by atoms with Crippen molar-refractivity contribution in [1.82, 2.24) is 0 Å². The Bertz CT molecular complexity index is 3620. The second-order valence-electron chi connectivity index (χ2n) is 15.9. The zero-order valence-corrected chi connectivity index (χ0v) is 34.3. The number of furan rings is 2. The molecule has 12 aromatic rings. The van der Waals surface area contributed by atoms with Crippen LogP contribution in [0.1, 0.15) is 0 Å².